The third-order valence-electron chi connectivity index (χ3n) is 5.91. The topological polar surface area (TPSA) is 31.1 Å². The van der Waals surface area contributed by atoms with Crippen molar-refractivity contribution in [2.45, 2.75) is 12.6 Å². The van der Waals surface area contributed by atoms with Gasteiger partial charge in [-0.05, 0) is 64.5 Å². The highest BCUT2D eigenvalue weighted by molar-refractivity contribution is 5.85. The Hall–Kier alpha value is -3.02. The summed E-state index contributed by atoms with van der Waals surface area (Å²) in [6.07, 6.45) is 1.92. The second kappa shape index (κ2) is 8.01. The third-order valence-corrected chi connectivity index (χ3v) is 5.91. The summed E-state index contributed by atoms with van der Waals surface area (Å²) >= 11 is 0. The number of fused-ring (bicyclic) bond motifs is 1. The molecule has 5 heteroatoms. The van der Waals surface area contributed by atoms with Crippen molar-refractivity contribution in [3.05, 3.63) is 95.7 Å². The Labute approximate surface area is 174 Å². The average molecular weight is 403 g/mol. The van der Waals surface area contributed by atoms with Crippen molar-refractivity contribution in [1.82, 2.24) is 15.2 Å². The van der Waals surface area contributed by atoms with Crippen LogP contribution in [0.4, 0.5) is 8.78 Å². The molecule has 152 valence electrons. The maximum atomic E-state index is 14.7. The first-order valence-corrected chi connectivity index (χ1v) is 10.2. The first-order chi connectivity index (χ1) is 14.7. The maximum absolute atomic E-state index is 14.7. The summed E-state index contributed by atoms with van der Waals surface area (Å²) in [5.41, 5.74) is 4.87. The number of halogens is 2. The highest BCUT2D eigenvalue weighted by Gasteiger charge is 2.24. The second-order valence-electron chi connectivity index (χ2n) is 7.83. The number of nitrogens with zero attached hydrogens (tertiary/aromatic N) is 1. The number of H-pyrrole nitrogens is 1. The van der Waals surface area contributed by atoms with Crippen molar-refractivity contribution < 1.29 is 8.78 Å². The SMILES string of the molecule is Fc1ccc([C@H]2CNCCN2Cc2cc(-c3ccc4[nH]ccc4c3)ccc2F)cc1. The van der Waals surface area contributed by atoms with Crippen LogP contribution < -0.4 is 5.32 Å². The van der Waals surface area contributed by atoms with Gasteiger partial charge in [-0.25, -0.2) is 8.78 Å². The molecule has 1 saturated heterocycles. The van der Waals surface area contributed by atoms with E-state index >= 15 is 0 Å². The fourth-order valence-electron chi connectivity index (χ4n) is 4.28. The van der Waals surface area contributed by atoms with Crippen LogP contribution in [0.15, 0.2) is 72.9 Å². The summed E-state index contributed by atoms with van der Waals surface area (Å²) in [6.45, 7) is 2.93. The Bertz CT molecular complexity index is 1170. The number of benzene rings is 3. The number of rotatable bonds is 4. The largest absolute Gasteiger partial charge is 0.361 e. The molecule has 0 bridgehead atoms. The van der Waals surface area contributed by atoms with Crippen LogP contribution in [-0.4, -0.2) is 29.5 Å². The van der Waals surface area contributed by atoms with Crippen LogP contribution in [0.1, 0.15) is 17.2 Å². The van der Waals surface area contributed by atoms with Crippen molar-refractivity contribution in [2.75, 3.05) is 19.6 Å². The molecule has 4 aromatic rings. The molecule has 0 amide bonds. The third kappa shape index (κ3) is 3.74. The molecule has 1 aliphatic heterocycles. The van der Waals surface area contributed by atoms with Gasteiger partial charge in [0.05, 0.1) is 0 Å². The summed E-state index contributed by atoms with van der Waals surface area (Å²) in [4.78, 5) is 5.47. The predicted molar refractivity (Wildman–Crippen MR) is 116 cm³/mol. The second-order valence-corrected chi connectivity index (χ2v) is 7.83. The van der Waals surface area contributed by atoms with Gasteiger partial charge in [-0.15, -0.1) is 0 Å². The Morgan fingerprint density at radius 3 is 2.57 bits per heavy atom. The van der Waals surface area contributed by atoms with E-state index in [2.05, 4.69) is 33.4 Å². The molecular weight excluding hydrogens is 380 g/mol. The number of aromatic amines is 1. The fourth-order valence-corrected chi connectivity index (χ4v) is 4.28. The lowest BCUT2D eigenvalue weighted by Crippen LogP contribution is -2.45. The quantitative estimate of drug-likeness (QED) is 0.487. The molecule has 0 radical (unpaired) electrons. The molecule has 1 aliphatic rings. The van der Waals surface area contributed by atoms with Crippen molar-refractivity contribution in [2.24, 2.45) is 0 Å². The van der Waals surface area contributed by atoms with Gasteiger partial charge in [-0.3, -0.25) is 4.90 Å². The standard InChI is InChI=1S/C25H23F2N3/c26-22-5-1-17(2-6-22)25-15-28-11-12-30(25)16-21-14-18(3-7-23(21)27)19-4-8-24-20(13-19)9-10-29-24/h1-10,13-14,25,28-29H,11-12,15-16H2/t25-/m1/s1. The van der Waals surface area contributed by atoms with Crippen LogP contribution in [-0.2, 0) is 6.54 Å². The van der Waals surface area contributed by atoms with Crippen molar-refractivity contribution in [1.29, 1.82) is 0 Å². The molecule has 2 N–H and O–H groups in total. The molecule has 30 heavy (non-hydrogen) atoms. The molecule has 3 aromatic carbocycles. The number of hydrogen-bond acceptors (Lipinski definition) is 2. The van der Waals surface area contributed by atoms with E-state index in [-0.39, 0.29) is 17.7 Å². The lowest BCUT2D eigenvalue weighted by Gasteiger charge is -2.36. The lowest BCUT2D eigenvalue weighted by molar-refractivity contribution is 0.152. The van der Waals surface area contributed by atoms with E-state index in [1.165, 1.54) is 12.1 Å². The van der Waals surface area contributed by atoms with Gasteiger partial charge < -0.3 is 10.3 Å². The zero-order chi connectivity index (χ0) is 20.5. The Balaban J connectivity index is 1.44. The van der Waals surface area contributed by atoms with Crippen LogP contribution in [0.2, 0.25) is 0 Å². The number of aromatic nitrogens is 1. The lowest BCUT2D eigenvalue weighted by atomic mass is 9.99. The van der Waals surface area contributed by atoms with Crippen LogP contribution in [0, 0.1) is 11.6 Å². The Kier molecular flexibility index (Phi) is 5.07. The first kappa shape index (κ1) is 19.0. The summed E-state index contributed by atoms with van der Waals surface area (Å²) in [5, 5.41) is 4.53. The number of nitrogens with one attached hydrogen (secondary N) is 2. The molecule has 1 fully saturated rings. The van der Waals surface area contributed by atoms with Gasteiger partial charge in [0.1, 0.15) is 11.6 Å². The molecule has 2 heterocycles. The summed E-state index contributed by atoms with van der Waals surface area (Å²) in [7, 11) is 0. The van der Waals surface area contributed by atoms with Crippen LogP contribution in [0.5, 0.6) is 0 Å². The Morgan fingerprint density at radius 1 is 0.900 bits per heavy atom. The minimum Gasteiger partial charge on any atom is -0.361 e. The molecule has 5 rings (SSSR count). The maximum Gasteiger partial charge on any atom is 0.127 e. The molecule has 3 nitrogen and oxygen atoms in total. The molecule has 1 atom stereocenters. The van der Waals surface area contributed by atoms with Crippen molar-refractivity contribution >= 4 is 10.9 Å². The Morgan fingerprint density at radius 2 is 1.70 bits per heavy atom. The highest BCUT2D eigenvalue weighted by atomic mass is 19.1. The summed E-state index contributed by atoms with van der Waals surface area (Å²) < 4.78 is 28.1. The summed E-state index contributed by atoms with van der Waals surface area (Å²) in [5.74, 6) is -0.440. The van der Waals surface area contributed by atoms with E-state index in [9.17, 15) is 8.78 Å². The fraction of sp³-hybridized carbons (Fsp3) is 0.200. The molecule has 0 saturated carbocycles. The van der Waals surface area contributed by atoms with E-state index in [0.717, 1.165) is 47.2 Å². The van der Waals surface area contributed by atoms with E-state index in [1.807, 2.05) is 36.5 Å². The van der Waals surface area contributed by atoms with Crippen LogP contribution >= 0.6 is 0 Å². The molecule has 0 aliphatic carbocycles. The minimum atomic E-state index is -0.243. The molecular formula is C25H23F2N3. The van der Waals surface area contributed by atoms with Gasteiger partial charge in [0.15, 0.2) is 0 Å². The smallest absolute Gasteiger partial charge is 0.127 e. The van der Waals surface area contributed by atoms with Gasteiger partial charge >= 0.3 is 0 Å². The molecule has 0 spiro atoms. The van der Waals surface area contributed by atoms with Gasteiger partial charge in [0.25, 0.3) is 0 Å². The van der Waals surface area contributed by atoms with Gasteiger partial charge in [-0.2, -0.15) is 0 Å². The van der Waals surface area contributed by atoms with E-state index in [4.69, 9.17) is 0 Å². The van der Waals surface area contributed by atoms with Gasteiger partial charge in [0.2, 0.25) is 0 Å². The monoisotopic (exact) mass is 403 g/mol. The first-order valence-electron chi connectivity index (χ1n) is 10.2. The van der Waals surface area contributed by atoms with Crippen LogP contribution in [0.25, 0.3) is 22.0 Å². The van der Waals surface area contributed by atoms with E-state index < -0.39 is 0 Å². The number of piperazine rings is 1. The molecule has 0 unspecified atom stereocenters. The van der Waals surface area contributed by atoms with Gasteiger partial charge in [-0.1, -0.05) is 24.3 Å². The number of hydrogen-bond donors (Lipinski definition) is 2. The van der Waals surface area contributed by atoms with Crippen molar-refractivity contribution in [3.8, 4) is 11.1 Å². The van der Waals surface area contributed by atoms with E-state index in [1.54, 1.807) is 6.07 Å². The summed E-state index contributed by atoms with van der Waals surface area (Å²) in [6, 6.07) is 20.3. The predicted octanol–water partition coefficient (Wildman–Crippen LogP) is 5.26. The normalized spacial score (nSPS) is 17.5. The minimum absolute atomic E-state index is 0.0820. The van der Waals surface area contributed by atoms with E-state index in [0.29, 0.717) is 12.1 Å². The van der Waals surface area contributed by atoms with Gasteiger partial charge in [0, 0.05) is 49.5 Å². The highest BCUT2D eigenvalue weighted by Crippen LogP contribution is 2.29. The average Bonchev–Trinajstić information content (AvgIpc) is 3.24. The molecule has 1 aromatic heterocycles. The van der Waals surface area contributed by atoms with Crippen molar-refractivity contribution in [3.63, 3.8) is 0 Å². The zero-order valence-electron chi connectivity index (χ0n) is 16.5. The van der Waals surface area contributed by atoms with Crippen LogP contribution in [0.3, 0.4) is 0 Å². The zero-order valence-corrected chi connectivity index (χ0v) is 16.5.